The maximum absolute atomic E-state index is 11.7. The van der Waals surface area contributed by atoms with Gasteiger partial charge in [0.25, 0.3) is 5.91 Å². The van der Waals surface area contributed by atoms with Gasteiger partial charge in [-0.15, -0.1) is 0 Å². The number of hydrogen-bond donors (Lipinski definition) is 3. The Morgan fingerprint density at radius 3 is 2.42 bits per heavy atom. The monoisotopic (exact) mass is 351 g/mol. The fourth-order valence-corrected chi connectivity index (χ4v) is 2.74. The molecule has 7 heteroatoms. The minimum absolute atomic E-state index is 0.174. The van der Waals surface area contributed by atoms with Crippen molar-refractivity contribution in [2.24, 2.45) is 0 Å². The van der Waals surface area contributed by atoms with Crippen LogP contribution in [0.3, 0.4) is 0 Å². The topological polar surface area (TPSA) is 103 Å². The van der Waals surface area contributed by atoms with E-state index in [-0.39, 0.29) is 13.1 Å². The van der Waals surface area contributed by atoms with Crippen molar-refractivity contribution in [3.63, 3.8) is 0 Å². The molecule has 0 atom stereocenters. The number of para-hydroxylation sites is 1. The third kappa shape index (κ3) is 3.79. The predicted octanol–water partition coefficient (Wildman–Crippen LogP) is 3.03. The Balaban J connectivity index is 1.81. The van der Waals surface area contributed by atoms with Crippen molar-refractivity contribution in [1.29, 1.82) is 0 Å². The van der Waals surface area contributed by atoms with E-state index in [2.05, 4.69) is 4.98 Å². The summed E-state index contributed by atoms with van der Waals surface area (Å²) in [6.07, 6.45) is 0.628. The third-order valence-electron chi connectivity index (χ3n) is 4.06. The maximum atomic E-state index is 11.7. The zero-order valence-electron chi connectivity index (χ0n) is 13.8. The molecule has 132 valence electrons. The largest absolute Gasteiger partial charge is 0.465 e. The second kappa shape index (κ2) is 7.62. The van der Waals surface area contributed by atoms with Crippen molar-refractivity contribution in [2.75, 3.05) is 0 Å². The summed E-state index contributed by atoms with van der Waals surface area (Å²) >= 11 is 0. The molecule has 0 aliphatic carbocycles. The number of pyridine rings is 1. The van der Waals surface area contributed by atoms with Crippen molar-refractivity contribution in [1.82, 2.24) is 15.4 Å². The molecule has 7 nitrogen and oxygen atoms in total. The minimum atomic E-state index is -1.04. The highest BCUT2D eigenvalue weighted by Gasteiger charge is 2.15. The van der Waals surface area contributed by atoms with Crippen LogP contribution in [0, 0.1) is 0 Å². The first kappa shape index (κ1) is 17.4. The fraction of sp³-hybridized carbons (Fsp3) is 0.105. The molecule has 2 aromatic carbocycles. The third-order valence-corrected chi connectivity index (χ3v) is 4.06. The van der Waals surface area contributed by atoms with E-state index in [1.54, 1.807) is 23.8 Å². The number of fused-ring (bicyclic) bond motifs is 1. The molecule has 26 heavy (non-hydrogen) atoms. The molecule has 0 fully saturated rings. The summed E-state index contributed by atoms with van der Waals surface area (Å²) in [5.74, 6) is -0.616. The van der Waals surface area contributed by atoms with Crippen LogP contribution in [0.25, 0.3) is 10.9 Å². The molecule has 0 spiro atoms. The molecule has 0 aliphatic rings. The van der Waals surface area contributed by atoms with Crippen LogP contribution in [0.1, 0.15) is 21.5 Å². The van der Waals surface area contributed by atoms with Gasteiger partial charge in [0.2, 0.25) is 0 Å². The Bertz CT molecular complexity index is 936. The quantitative estimate of drug-likeness (QED) is 0.484. The lowest BCUT2D eigenvalue weighted by Gasteiger charge is -2.20. The van der Waals surface area contributed by atoms with Crippen molar-refractivity contribution in [2.45, 2.75) is 13.1 Å². The van der Waals surface area contributed by atoms with Gasteiger partial charge in [-0.2, -0.15) is 0 Å². The second-order valence-corrected chi connectivity index (χ2v) is 5.76. The van der Waals surface area contributed by atoms with Crippen molar-refractivity contribution < 1.29 is 19.9 Å². The SMILES string of the molecule is O=C(NO)c1ccc(CN(Cc2ccnc3ccccc23)C(=O)O)cc1. The number of carbonyl (C=O) groups is 2. The average Bonchev–Trinajstić information content (AvgIpc) is 2.67. The van der Waals surface area contributed by atoms with Crippen molar-refractivity contribution in [3.8, 4) is 0 Å². The Labute approximate surface area is 149 Å². The number of benzene rings is 2. The summed E-state index contributed by atoms with van der Waals surface area (Å²) in [7, 11) is 0. The van der Waals surface area contributed by atoms with Crippen LogP contribution in [0.2, 0.25) is 0 Å². The van der Waals surface area contributed by atoms with Gasteiger partial charge in [0.05, 0.1) is 12.1 Å². The lowest BCUT2D eigenvalue weighted by molar-refractivity contribution is 0.0706. The molecule has 0 aliphatic heterocycles. The standard InChI is InChI=1S/C19H17N3O4/c23-18(21-26)14-7-5-13(6-8-14)11-22(19(24)25)12-15-9-10-20-17-4-2-1-3-16(15)17/h1-10,26H,11-12H2,(H,21,23)(H,24,25). The summed E-state index contributed by atoms with van der Waals surface area (Å²) in [5, 5.41) is 19.1. The molecule has 2 amide bonds. The number of amides is 2. The molecule has 1 heterocycles. The van der Waals surface area contributed by atoms with Crippen LogP contribution in [-0.4, -0.2) is 32.2 Å². The molecule has 0 bridgehead atoms. The maximum Gasteiger partial charge on any atom is 0.407 e. The molecule has 3 rings (SSSR count). The first-order valence-corrected chi connectivity index (χ1v) is 7.92. The van der Waals surface area contributed by atoms with Gasteiger partial charge in [-0.05, 0) is 35.4 Å². The summed E-state index contributed by atoms with van der Waals surface area (Å²) < 4.78 is 0. The van der Waals surface area contributed by atoms with Gasteiger partial charge in [0, 0.05) is 23.7 Å². The number of hydroxylamine groups is 1. The van der Waals surface area contributed by atoms with Gasteiger partial charge in [-0.3, -0.25) is 19.9 Å². The zero-order valence-corrected chi connectivity index (χ0v) is 13.8. The highest BCUT2D eigenvalue weighted by atomic mass is 16.5. The van der Waals surface area contributed by atoms with Crippen LogP contribution < -0.4 is 5.48 Å². The van der Waals surface area contributed by atoms with E-state index in [4.69, 9.17) is 5.21 Å². The summed E-state index contributed by atoms with van der Waals surface area (Å²) in [5.41, 5.74) is 4.27. The van der Waals surface area contributed by atoms with Gasteiger partial charge in [0.15, 0.2) is 0 Å². The number of hydrogen-bond acceptors (Lipinski definition) is 4. The number of nitrogens with one attached hydrogen (secondary N) is 1. The van der Waals surface area contributed by atoms with Crippen LogP contribution in [0.15, 0.2) is 60.8 Å². The Kier molecular flexibility index (Phi) is 5.09. The van der Waals surface area contributed by atoms with Crippen LogP contribution in [0.4, 0.5) is 4.79 Å². The molecule has 0 saturated heterocycles. The zero-order chi connectivity index (χ0) is 18.5. The molecule has 3 N–H and O–H groups in total. The normalized spacial score (nSPS) is 10.5. The van der Waals surface area contributed by atoms with E-state index < -0.39 is 12.0 Å². The lowest BCUT2D eigenvalue weighted by Crippen LogP contribution is -2.28. The van der Waals surface area contributed by atoms with Crippen LogP contribution in [0.5, 0.6) is 0 Å². The van der Waals surface area contributed by atoms with E-state index in [0.717, 1.165) is 22.0 Å². The highest BCUT2D eigenvalue weighted by Crippen LogP contribution is 2.19. The number of nitrogens with zero attached hydrogens (tertiary/aromatic N) is 2. The van der Waals surface area contributed by atoms with Gasteiger partial charge < -0.3 is 5.11 Å². The number of aromatic nitrogens is 1. The molecular formula is C19H17N3O4. The summed E-state index contributed by atoms with van der Waals surface area (Å²) in [6, 6.07) is 15.8. The predicted molar refractivity (Wildman–Crippen MR) is 94.7 cm³/mol. The van der Waals surface area contributed by atoms with E-state index in [1.165, 1.54) is 17.0 Å². The molecule has 0 radical (unpaired) electrons. The van der Waals surface area contributed by atoms with E-state index in [1.807, 2.05) is 30.3 Å². The molecule has 0 saturated carbocycles. The number of rotatable bonds is 5. The first-order chi connectivity index (χ1) is 12.6. The minimum Gasteiger partial charge on any atom is -0.465 e. The molecule has 3 aromatic rings. The summed E-state index contributed by atoms with van der Waals surface area (Å²) in [6.45, 7) is 0.393. The smallest absolute Gasteiger partial charge is 0.407 e. The van der Waals surface area contributed by atoms with Gasteiger partial charge in [0.1, 0.15) is 0 Å². The van der Waals surface area contributed by atoms with Crippen LogP contribution in [-0.2, 0) is 13.1 Å². The Morgan fingerprint density at radius 1 is 1.00 bits per heavy atom. The fourth-order valence-electron chi connectivity index (χ4n) is 2.74. The van der Waals surface area contributed by atoms with Crippen molar-refractivity contribution >= 4 is 22.9 Å². The van der Waals surface area contributed by atoms with E-state index in [9.17, 15) is 14.7 Å². The van der Waals surface area contributed by atoms with Crippen LogP contribution >= 0.6 is 0 Å². The lowest BCUT2D eigenvalue weighted by atomic mass is 10.1. The molecule has 0 unspecified atom stereocenters. The Morgan fingerprint density at radius 2 is 1.73 bits per heavy atom. The van der Waals surface area contributed by atoms with E-state index in [0.29, 0.717) is 5.56 Å². The van der Waals surface area contributed by atoms with Gasteiger partial charge >= 0.3 is 6.09 Å². The summed E-state index contributed by atoms with van der Waals surface area (Å²) in [4.78, 5) is 28.6. The van der Waals surface area contributed by atoms with E-state index >= 15 is 0 Å². The average molecular weight is 351 g/mol. The van der Waals surface area contributed by atoms with Gasteiger partial charge in [-0.25, -0.2) is 10.3 Å². The first-order valence-electron chi connectivity index (χ1n) is 7.92. The highest BCUT2D eigenvalue weighted by molar-refractivity contribution is 5.93. The Hall–Kier alpha value is -3.45. The van der Waals surface area contributed by atoms with Crippen molar-refractivity contribution in [3.05, 3.63) is 77.5 Å². The number of carbonyl (C=O) groups excluding carboxylic acids is 1. The van der Waals surface area contributed by atoms with Gasteiger partial charge in [-0.1, -0.05) is 30.3 Å². The molecular weight excluding hydrogens is 334 g/mol. The molecule has 1 aromatic heterocycles. The second-order valence-electron chi connectivity index (χ2n) is 5.76. The number of carboxylic acid groups (broad SMARTS) is 1.